The minimum atomic E-state index is -0.0467. The molecule has 5 nitrogen and oxygen atoms in total. The van der Waals surface area contributed by atoms with Crippen molar-refractivity contribution in [2.24, 2.45) is 0 Å². The second-order valence-electron chi connectivity index (χ2n) is 4.98. The summed E-state index contributed by atoms with van der Waals surface area (Å²) in [6.07, 6.45) is 5.34. The molecule has 2 N–H and O–H groups in total. The minimum Gasteiger partial charge on any atom is -0.454 e. The summed E-state index contributed by atoms with van der Waals surface area (Å²) in [4.78, 5) is 11.8. The Kier molecular flexibility index (Phi) is 3.87. The third kappa shape index (κ3) is 3.11. The van der Waals surface area contributed by atoms with E-state index in [0.717, 1.165) is 43.0 Å². The molecular formula is C15H18N2O3. The smallest absolute Gasteiger partial charge is 0.244 e. The number of amides is 1. The Hall–Kier alpha value is -2.01. The Morgan fingerprint density at radius 3 is 2.90 bits per heavy atom. The molecule has 2 heterocycles. The van der Waals surface area contributed by atoms with Gasteiger partial charge in [0, 0.05) is 12.1 Å². The maximum absolute atomic E-state index is 11.8. The molecule has 0 atom stereocenters. The van der Waals surface area contributed by atoms with Gasteiger partial charge in [-0.05, 0) is 49.7 Å². The molecule has 1 aromatic rings. The third-order valence-corrected chi connectivity index (χ3v) is 3.51. The van der Waals surface area contributed by atoms with E-state index in [0.29, 0.717) is 0 Å². The van der Waals surface area contributed by atoms with E-state index >= 15 is 0 Å². The fourth-order valence-corrected chi connectivity index (χ4v) is 2.40. The van der Waals surface area contributed by atoms with Crippen molar-refractivity contribution in [3.63, 3.8) is 0 Å². The van der Waals surface area contributed by atoms with Crippen LogP contribution in [0.3, 0.4) is 0 Å². The quantitative estimate of drug-likeness (QED) is 0.816. The Bertz CT molecular complexity index is 522. The highest BCUT2D eigenvalue weighted by Crippen LogP contribution is 2.32. The number of carbonyl (C=O) groups excluding carboxylic acids is 1. The van der Waals surface area contributed by atoms with Gasteiger partial charge in [0.25, 0.3) is 0 Å². The van der Waals surface area contributed by atoms with Crippen molar-refractivity contribution in [3.8, 4) is 11.5 Å². The molecule has 0 spiro atoms. The van der Waals surface area contributed by atoms with E-state index in [4.69, 9.17) is 9.47 Å². The van der Waals surface area contributed by atoms with Crippen LogP contribution in [0, 0.1) is 0 Å². The summed E-state index contributed by atoms with van der Waals surface area (Å²) in [7, 11) is 0. The fourth-order valence-electron chi connectivity index (χ4n) is 2.40. The lowest BCUT2D eigenvalue weighted by atomic mass is 10.1. The number of hydrogen-bond donors (Lipinski definition) is 2. The van der Waals surface area contributed by atoms with Crippen LogP contribution in [0.1, 0.15) is 18.4 Å². The van der Waals surface area contributed by atoms with Crippen LogP contribution < -0.4 is 20.1 Å². The first-order valence-electron chi connectivity index (χ1n) is 6.90. The zero-order valence-electron chi connectivity index (χ0n) is 11.2. The first-order chi connectivity index (χ1) is 9.81. The average Bonchev–Trinajstić information content (AvgIpc) is 2.93. The van der Waals surface area contributed by atoms with Gasteiger partial charge in [-0.15, -0.1) is 0 Å². The highest BCUT2D eigenvalue weighted by Gasteiger charge is 2.14. The van der Waals surface area contributed by atoms with Gasteiger partial charge in [-0.1, -0.05) is 6.07 Å². The predicted molar refractivity (Wildman–Crippen MR) is 75.6 cm³/mol. The Labute approximate surface area is 118 Å². The maximum atomic E-state index is 11.8. The number of carbonyl (C=O) groups is 1. The topological polar surface area (TPSA) is 59.6 Å². The van der Waals surface area contributed by atoms with Crippen molar-refractivity contribution in [2.75, 3.05) is 19.9 Å². The largest absolute Gasteiger partial charge is 0.454 e. The van der Waals surface area contributed by atoms with Crippen molar-refractivity contribution in [1.29, 1.82) is 0 Å². The van der Waals surface area contributed by atoms with Crippen molar-refractivity contribution in [3.05, 3.63) is 29.8 Å². The summed E-state index contributed by atoms with van der Waals surface area (Å²) in [5.41, 5.74) is 0.926. The fraction of sp³-hybridized carbons (Fsp3) is 0.400. The second kappa shape index (κ2) is 5.96. The van der Waals surface area contributed by atoms with Crippen molar-refractivity contribution >= 4 is 12.0 Å². The van der Waals surface area contributed by atoms with Gasteiger partial charge in [-0.25, -0.2) is 0 Å². The summed E-state index contributed by atoms with van der Waals surface area (Å²) in [5, 5.41) is 6.29. The number of nitrogens with one attached hydrogen (secondary N) is 2. The van der Waals surface area contributed by atoms with E-state index in [-0.39, 0.29) is 18.7 Å². The molecule has 106 valence electrons. The number of benzene rings is 1. The van der Waals surface area contributed by atoms with Gasteiger partial charge in [0.15, 0.2) is 11.5 Å². The van der Waals surface area contributed by atoms with Crippen LogP contribution in [0.2, 0.25) is 0 Å². The van der Waals surface area contributed by atoms with Crippen molar-refractivity contribution in [2.45, 2.75) is 18.9 Å². The first-order valence-corrected chi connectivity index (χ1v) is 6.90. The number of hydrogen-bond acceptors (Lipinski definition) is 4. The number of rotatable bonds is 3. The van der Waals surface area contributed by atoms with E-state index in [2.05, 4.69) is 10.6 Å². The molecule has 0 radical (unpaired) electrons. The van der Waals surface area contributed by atoms with E-state index in [1.807, 2.05) is 18.2 Å². The third-order valence-electron chi connectivity index (χ3n) is 3.51. The molecule has 2 aliphatic heterocycles. The van der Waals surface area contributed by atoms with Gasteiger partial charge < -0.3 is 20.1 Å². The molecule has 1 aromatic carbocycles. The van der Waals surface area contributed by atoms with E-state index < -0.39 is 0 Å². The van der Waals surface area contributed by atoms with E-state index in [1.165, 1.54) is 0 Å². The summed E-state index contributed by atoms with van der Waals surface area (Å²) in [6, 6.07) is 5.91. The summed E-state index contributed by atoms with van der Waals surface area (Å²) in [6.45, 7) is 2.20. The highest BCUT2D eigenvalue weighted by atomic mass is 16.7. The number of fused-ring (bicyclic) bond motifs is 1. The van der Waals surface area contributed by atoms with Gasteiger partial charge in [0.05, 0.1) is 0 Å². The average molecular weight is 274 g/mol. The maximum Gasteiger partial charge on any atom is 0.244 e. The molecule has 0 aromatic heterocycles. The monoisotopic (exact) mass is 274 g/mol. The lowest BCUT2D eigenvalue weighted by molar-refractivity contribution is -0.117. The molecule has 0 bridgehead atoms. The van der Waals surface area contributed by atoms with Gasteiger partial charge in [0.1, 0.15) is 0 Å². The Morgan fingerprint density at radius 2 is 2.05 bits per heavy atom. The molecule has 20 heavy (non-hydrogen) atoms. The minimum absolute atomic E-state index is 0.0467. The van der Waals surface area contributed by atoms with Crippen molar-refractivity contribution < 1.29 is 14.3 Å². The van der Waals surface area contributed by atoms with Gasteiger partial charge in [-0.2, -0.15) is 0 Å². The molecule has 0 unspecified atom stereocenters. The van der Waals surface area contributed by atoms with Crippen LogP contribution in [0.15, 0.2) is 24.3 Å². The standard InChI is InChI=1S/C15H18N2O3/c18-15(17-12-5-7-16-8-6-12)4-2-11-1-3-13-14(9-11)20-10-19-13/h1-4,9,12,16H,5-8,10H2,(H,17,18)/b4-2+. The van der Waals surface area contributed by atoms with Crippen LogP contribution in [-0.4, -0.2) is 31.8 Å². The lowest BCUT2D eigenvalue weighted by Crippen LogP contribution is -2.42. The van der Waals surface area contributed by atoms with Crippen LogP contribution in [0.25, 0.3) is 6.08 Å². The molecular weight excluding hydrogens is 256 g/mol. The van der Waals surface area contributed by atoms with Crippen LogP contribution in [-0.2, 0) is 4.79 Å². The van der Waals surface area contributed by atoms with Gasteiger partial charge in [-0.3, -0.25) is 4.79 Å². The van der Waals surface area contributed by atoms with E-state index in [9.17, 15) is 4.79 Å². The molecule has 1 amide bonds. The van der Waals surface area contributed by atoms with Crippen LogP contribution in [0.5, 0.6) is 11.5 Å². The van der Waals surface area contributed by atoms with Gasteiger partial charge >= 0.3 is 0 Å². The molecule has 0 aliphatic carbocycles. The molecule has 5 heteroatoms. The molecule has 1 fully saturated rings. The first kappa shape index (κ1) is 13.0. The zero-order chi connectivity index (χ0) is 13.8. The van der Waals surface area contributed by atoms with Gasteiger partial charge in [0.2, 0.25) is 12.7 Å². The number of ether oxygens (including phenoxy) is 2. The summed E-state index contributed by atoms with van der Waals surface area (Å²) >= 11 is 0. The van der Waals surface area contributed by atoms with Crippen LogP contribution in [0.4, 0.5) is 0 Å². The summed E-state index contributed by atoms with van der Waals surface area (Å²) in [5.74, 6) is 1.43. The lowest BCUT2D eigenvalue weighted by Gasteiger charge is -2.22. The number of piperidine rings is 1. The SMILES string of the molecule is O=C(/C=C/c1ccc2c(c1)OCO2)NC1CCNCC1. The highest BCUT2D eigenvalue weighted by molar-refractivity contribution is 5.92. The molecule has 2 aliphatic rings. The van der Waals surface area contributed by atoms with Crippen molar-refractivity contribution in [1.82, 2.24) is 10.6 Å². The van der Waals surface area contributed by atoms with Crippen LogP contribution >= 0.6 is 0 Å². The zero-order valence-corrected chi connectivity index (χ0v) is 11.2. The Morgan fingerprint density at radius 1 is 1.25 bits per heavy atom. The predicted octanol–water partition coefficient (Wildman–Crippen LogP) is 1.30. The molecule has 1 saturated heterocycles. The summed E-state index contributed by atoms with van der Waals surface area (Å²) < 4.78 is 10.6. The molecule has 3 rings (SSSR count). The normalized spacial score (nSPS) is 18.4. The second-order valence-corrected chi connectivity index (χ2v) is 4.98. The van der Waals surface area contributed by atoms with E-state index in [1.54, 1.807) is 12.2 Å². The Balaban J connectivity index is 1.57. The molecule has 0 saturated carbocycles.